The van der Waals surface area contributed by atoms with Gasteiger partial charge in [0.25, 0.3) is 0 Å². The van der Waals surface area contributed by atoms with Gasteiger partial charge in [-0.1, -0.05) is 43.2 Å². The first kappa shape index (κ1) is 11.6. The van der Waals surface area contributed by atoms with Gasteiger partial charge in [-0.25, -0.2) is 0 Å². The van der Waals surface area contributed by atoms with Crippen LogP contribution in [0.1, 0.15) is 37.2 Å². The van der Waals surface area contributed by atoms with Crippen molar-refractivity contribution in [1.29, 1.82) is 0 Å². The summed E-state index contributed by atoms with van der Waals surface area (Å²) in [6, 6.07) is 10.6. The molecule has 1 aliphatic carbocycles. The number of aliphatic hydroxyl groups is 1. The molecule has 1 fully saturated rings. The van der Waals surface area contributed by atoms with Crippen molar-refractivity contribution < 1.29 is 9.84 Å². The van der Waals surface area contributed by atoms with E-state index in [9.17, 15) is 0 Å². The standard InChI is InChI=1S/C14H20O2/c15-10-11-16-14-9-5-4-8-13(14)12-6-2-1-3-7-12/h1-3,6-7,13-15H,4-5,8-11H2/t13-,14+/m0/s1. The lowest BCUT2D eigenvalue weighted by atomic mass is 9.81. The first-order chi connectivity index (χ1) is 7.92. The average Bonchev–Trinajstić information content (AvgIpc) is 2.38. The zero-order valence-corrected chi connectivity index (χ0v) is 9.64. The molecule has 1 aromatic rings. The topological polar surface area (TPSA) is 29.5 Å². The number of rotatable bonds is 4. The van der Waals surface area contributed by atoms with Crippen LogP contribution < -0.4 is 0 Å². The molecule has 0 heterocycles. The van der Waals surface area contributed by atoms with Crippen LogP contribution in [0, 0.1) is 0 Å². The van der Waals surface area contributed by atoms with Crippen molar-refractivity contribution in [3.05, 3.63) is 35.9 Å². The molecule has 88 valence electrons. The van der Waals surface area contributed by atoms with Crippen LogP contribution in [0.3, 0.4) is 0 Å². The van der Waals surface area contributed by atoms with Gasteiger partial charge < -0.3 is 9.84 Å². The second-order valence-corrected chi connectivity index (χ2v) is 4.43. The van der Waals surface area contributed by atoms with Gasteiger partial charge >= 0.3 is 0 Å². The zero-order chi connectivity index (χ0) is 11.2. The summed E-state index contributed by atoms with van der Waals surface area (Å²) < 4.78 is 5.75. The van der Waals surface area contributed by atoms with E-state index in [2.05, 4.69) is 30.3 Å². The van der Waals surface area contributed by atoms with Crippen molar-refractivity contribution in [3.63, 3.8) is 0 Å². The first-order valence-corrected chi connectivity index (χ1v) is 6.19. The second kappa shape index (κ2) is 6.02. The molecule has 2 nitrogen and oxygen atoms in total. The van der Waals surface area contributed by atoms with Crippen molar-refractivity contribution in [3.8, 4) is 0 Å². The Kier molecular flexibility index (Phi) is 4.37. The molecule has 0 unspecified atom stereocenters. The highest BCUT2D eigenvalue weighted by atomic mass is 16.5. The number of hydrogen-bond acceptors (Lipinski definition) is 2. The van der Waals surface area contributed by atoms with Crippen LogP contribution in [-0.2, 0) is 4.74 Å². The molecule has 2 rings (SSSR count). The monoisotopic (exact) mass is 220 g/mol. The number of aliphatic hydroxyl groups excluding tert-OH is 1. The minimum atomic E-state index is 0.123. The largest absolute Gasteiger partial charge is 0.394 e. The predicted molar refractivity (Wildman–Crippen MR) is 64.5 cm³/mol. The molecule has 1 N–H and O–H groups in total. The third-order valence-electron chi connectivity index (χ3n) is 3.35. The highest BCUT2D eigenvalue weighted by Gasteiger charge is 2.26. The summed E-state index contributed by atoms with van der Waals surface area (Å²) in [5.74, 6) is 0.515. The molecule has 0 spiro atoms. The van der Waals surface area contributed by atoms with Crippen molar-refractivity contribution in [1.82, 2.24) is 0 Å². The van der Waals surface area contributed by atoms with Gasteiger partial charge in [0, 0.05) is 5.92 Å². The lowest BCUT2D eigenvalue weighted by molar-refractivity contribution is -0.00419. The van der Waals surface area contributed by atoms with Gasteiger partial charge in [0.1, 0.15) is 0 Å². The maximum atomic E-state index is 8.83. The summed E-state index contributed by atoms with van der Waals surface area (Å²) in [5.41, 5.74) is 1.38. The van der Waals surface area contributed by atoms with E-state index in [0.29, 0.717) is 18.6 Å². The summed E-state index contributed by atoms with van der Waals surface area (Å²) in [5, 5.41) is 8.83. The fourth-order valence-electron chi connectivity index (χ4n) is 2.58. The third-order valence-corrected chi connectivity index (χ3v) is 3.35. The van der Waals surface area contributed by atoms with Crippen LogP contribution in [0.15, 0.2) is 30.3 Å². The molecule has 2 heteroatoms. The van der Waals surface area contributed by atoms with Crippen LogP contribution in [-0.4, -0.2) is 24.4 Å². The average molecular weight is 220 g/mol. The molecule has 16 heavy (non-hydrogen) atoms. The fraction of sp³-hybridized carbons (Fsp3) is 0.571. The normalized spacial score (nSPS) is 25.6. The molecule has 1 aromatic carbocycles. The SMILES string of the molecule is OCCO[C@@H]1CCCC[C@H]1c1ccccc1. The van der Waals surface area contributed by atoms with Crippen molar-refractivity contribution in [2.24, 2.45) is 0 Å². The lowest BCUT2D eigenvalue weighted by Gasteiger charge is -2.31. The summed E-state index contributed by atoms with van der Waals surface area (Å²) in [4.78, 5) is 0. The number of hydrogen-bond donors (Lipinski definition) is 1. The fourth-order valence-corrected chi connectivity index (χ4v) is 2.58. The second-order valence-electron chi connectivity index (χ2n) is 4.43. The first-order valence-electron chi connectivity index (χ1n) is 6.19. The minimum Gasteiger partial charge on any atom is -0.394 e. The third kappa shape index (κ3) is 2.83. The molecule has 1 saturated carbocycles. The van der Waals surface area contributed by atoms with Crippen molar-refractivity contribution in [2.75, 3.05) is 13.2 Å². The van der Waals surface area contributed by atoms with E-state index >= 15 is 0 Å². The Morgan fingerprint density at radius 1 is 1.12 bits per heavy atom. The van der Waals surface area contributed by atoms with Crippen molar-refractivity contribution >= 4 is 0 Å². The van der Waals surface area contributed by atoms with E-state index in [4.69, 9.17) is 9.84 Å². The van der Waals surface area contributed by atoms with Crippen LogP contribution >= 0.6 is 0 Å². The highest BCUT2D eigenvalue weighted by molar-refractivity contribution is 5.21. The van der Waals surface area contributed by atoms with E-state index in [1.54, 1.807) is 0 Å². The predicted octanol–water partition coefficient (Wildman–Crippen LogP) is 2.72. The molecular weight excluding hydrogens is 200 g/mol. The molecular formula is C14H20O2. The summed E-state index contributed by atoms with van der Waals surface area (Å²) in [6.07, 6.45) is 5.17. The molecule has 1 aliphatic rings. The van der Waals surface area contributed by atoms with Crippen LogP contribution in [0.2, 0.25) is 0 Å². The van der Waals surface area contributed by atoms with E-state index in [0.717, 1.165) is 6.42 Å². The maximum Gasteiger partial charge on any atom is 0.0701 e. The van der Waals surface area contributed by atoms with E-state index in [1.807, 2.05) is 0 Å². The molecule has 0 amide bonds. The van der Waals surface area contributed by atoms with Gasteiger partial charge in [-0.05, 0) is 18.4 Å². The van der Waals surface area contributed by atoms with E-state index in [1.165, 1.54) is 24.8 Å². The Hall–Kier alpha value is -0.860. The van der Waals surface area contributed by atoms with Crippen molar-refractivity contribution in [2.45, 2.75) is 37.7 Å². The van der Waals surface area contributed by atoms with Crippen LogP contribution in [0.4, 0.5) is 0 Å². The van der Waals surface area contributed by atoms with Crippen LogP contribution in [0.5, 0.6) is 0 Å². The molecule has 0 bridgehead atoms. The molecule has 0 aliphatic heterocycles. The van der Waals surface area contributed by atoms with Gasteiger partial charge in [0.05, 0.1) is 19.3 Å². The number of benzene rings is 1. The highest BCUT2D eigenvalue weighted by Crippen LogP contribution is 2.34. The number of ether oxygens (including phenoxy) is 1. The molecule has 0 saturated heterocycles. The molecule has 2 atom stereocenters. The maximum absolute atomic E-state index is 8.83. The van der Waals surface area contributed by atoms with Gasteiger partial charge in [0.2, 0.25) is 0 Å². The van der Waals surface area contributed by atoms with Gasteiger partial charge in [-0.2, -0.15) is 0 Å². The summed E-state index contributed by atoms with van der Waals surface area (Å²) in [6.45, 7) is 0.589. The van der Waals surface area contributed by atoms with Gasteiger partial charge in [-0.15, -0.1) is 0 Å². The Morgan fingerprint density at radius 3 is 2.62 bits per heavy atom. The summed E-state index contributed by atoms with van der Waals surface area (Å²) in [7, 11) is 0. The Bertz CT molecular complexity index is 297. The van der Waals surface area contributed by atoms with Crippen LogP contribution in [0.25, 0.3) is 0 Å². The zero-order valence-electron chi connectivity index (χ0n) is 9.64. The van der Waals surface area contributed by atoms with E-state index < -0.39 is 0 Å². The van der Waals surface area contributed by atoms with Gasteiger partial charge in [0.15, 0.2) is 0 Å². The Labute approximate surface area is 97.3 Å². The Balaban J connectivity index is 2.04. The minimum absolute atomic E-state index is 0.123. The summed E-state index contributed by atoms with van der Waals surface area (Å²) >= 11 is 0. The Morgan fingerprint density at radius 2 is 1.88 bits per heavy atom. The molecule has 0 aromatic heterocycles. The smallest absolute Gasteiger partial charge is 0.0701 e. The lowest BCUT2D eigenvalue weighted by Crippen LogP contribution is -2.27. The molecule has 0 radical (unpaired) electrons. The quantitative estimate of drug-likeness (QED) is 0.845. The van der Waals surface area contributed by atoms with E-state index in [-0.39, 0.29) is 6.61 Å². The van der Waals surface area contributed by atoms with Gasteiger partial charge in [-0.3, -0.25) is 0 Å².